The molecule has 1 N–H and O–H groups in total. The topological polar surface area (TPSA) is 23.5 Å². The highest BCUT2D eigenvalue weighted by Crippen LogP contribution is 2.45. The van der Waals surface area contributed by atoms with Crippen LogP contribution in [0.15, 0.2) is 24.3 Å². The van der Waals surface area contributed by atoms with Crippen molar-refractivity contribution >= 4 is 12.4 Å². The van der Waals surface area contributed by atoms with E-state index in [4.69, 9.17) is 0 Å². The van der Waals surface area contributed by atoms with E-state index in [0.717, 1.165) is 25.8 Å². The molecule has 0 heterocycles. The van der Waals surface area contributed by atoms with Crippen LogP contribution in [0.3, 0.4) is 0 Å². The summed E-state index contributed by atoms with van der Waals surface area (Å²) in [6.07, 6.45) is 3.51. The summed E-state index contributed by atoms with van der Waals surface area (Å²) in [5.41, 5.74) is -0.657. The molecule has 0 bridgehead atoms. The average molecular weight is 288 g/mol. The van der Waals surface area contributed by atoms with Crippen molar-refractivity contribution in [1.82, 2.24) is 4.90 Å². The van der Waals surface area contributed by atoms with Crippen LogP contribution in [-0.4, -0.2) is 30.6 Å². The Morgan fingerprint density at radius 2 is 2.11 bits per heavy atom. The number of phenols is 1. The number of aromatic hydroxyl groups is 1. The second-order valence-corrected chi connectivity index (χ2v) is 5.62. The molecule has 1 aromatic carbocycles. The second kappa shape index (κ2) is 6.58. The van der Waals surface area contributed by atoms with Crippen molar-refractivity contribution in [2.24, 2.45) is 5.92 Å². The molecule has 0 aliphatic heterocycles. The largest absolute Gasteiger partial charge is 0.508 e. The van der Waals surface area contributed by atoms with Gasteiger partial charge in [0.1, 0.15) is 11.4 Å². The predicted molar refractivity (Wildman–Crippen MR) is 78.7 cm³/mol. The third-order valence-electron chi connectivity index (χ3n) is 3.90. The maximum absolute atomic E-state index is 15.4. The van der Waals surface area contributed by atoms with Crippen LogP contribution < -0.4 is 0 Å². The number of alkyl halides is 1. The summed E-state index contributed by atoms with van der Waals surface area (Å²) >= 11 is 0. The van der Waals surface area contributed by atoms with Gasteiger partial charge in [-0.25, -0.2) is 4.39 Å². The molecule has 108 valence electrons. The van der Waals surface area contributed by atoms with Crippen molar-refractivity contribution in [3.05, 3.63) is 29.8 Å². The number of phenolic OH excluding ortho intramolecular Hbond substituents is 1. The Balaban J connectivity index is 0.00000180. The Kier molecular flexibility index (Phi) is 5.63. The van der Waals surface area contributed by atoms with Crippen LogP contribution in [0, 0.1) is 5.92 Å². The van der Waals surface area contributed by atoms with Crippen LogP contribution >= 0.6 is 12.4 Å². The first-order valence-corrected chi connectivity index (χ1v) is 6.65. The summed E-state index contributed by atoms with van der Waals surface area (Å²) in [7, 11) is 3.97. The van der Waals surface area contributed by atoms with Crippen LogP contribution in [0.5, 0.6) is 5.75 Å². The lowest BCUT2D eigenvalue weighted by Crippen LogP contribution is -2.39. The molecule has 1 aliphatic carbocycles. The van der Waals surface area contributed by atoms with Gasteiger partial charge in [-0.15, -0.1) is 12.4 Å². The van der Waals surface area contributed by atoms with Gasteiger partial charge in [0.05, 0.1) is 0 Å². The minimum absolute atomic E-state index is 0. The molecule has 2 nitrogen and oxygen atoms in total. The lowest BCUT2D eigenvalue weighted by atomic mass is 9.72. The fraction of sp³-hybridized carbons (Fsp3) is 0.600. The molecule has 0 spiro atoms. The first kappa shape index (κ1) is 16.3. The SMILES string of the molecule is CN(C)C[C@H]1CCCC[C@]1(F)c1cccc(O)c1.Cl. The van der Waals surface area contributed by atoms with Gasteiger partial charge in [0.2, 0.25) is 0 Å². The van der Waals surface area contributed by atoms with Crippen LogP contribution in [0.4, 0.5) is 4.39 Å². The van der Waals surface area contributed by atoms with Crippen LogP contribution in [0.25, 0.3) is 0 Å². The van der Waals surface area contributed by atoms with E-state index in [1.165, 1.54) is 0 Å². The lowest BCUT2D eigenvalue weighted by molar-refractivity contribution is 0.0199. The maximum Gasteiger partial charge on any atom is 0.140 e. The normalized spacial score (nSPS) is 27.1. The molecule has 1 fully saturated rings. The zero-order valence-electron chi connectivity index (χ0n) is 11.6. The highest BCUT2D eigenvalue weighted by Gasteiger charge is 2.42. The Morgan fingerprint density at radius 1 is 1.37 bits per heavy atom. The molecule has 1 aliphatic rings. The van der Waals surface area contributed by atoms with Gasteiger partial charge < -0.3 is 10.0 Å². The molecular formula is C15H23ClFNO. The summed E-state index contributed by atoms with van der Waals surface area (Å²) in [5.74, 6) is 0.168. The van der Waals surface area contributed by atoms with Crippen molar-refractivity contribution in [2.45, 2.75) is 31.4 Å². The van der Waals surface area contributed by atoms with Gasteiger partial charge in [-0.1, -0.05) is 18.6 Å². The van der Waals surface area contributed by atoms with Gasteiger partial charge in [-0.2, -0.15) is 0 Å². The smallest absolute Gasteiger partial charge is 0.140 e. The highest BCUT2D eigenvalue weighted by atomic mass is 35.5. The second-order valence-electron chi connectivity index (χ2n) is 5.62. The van der Waals surface area contributed by atoms with Crippen molar-refractivity contribution in [3.63, 3.8) is 0 Å². The van der Waals surface area contributed by atoms with Crippen molar-refractivity contribution in [1.29, 1.82) is 0 Å². The summed E-state index contributed by atoms with van der Waals surface area (Å²) < 4.78 is 15.4. The molecule has 0 aromatic heterocycles. The summed E-state index contributed by atoms with van der Waals surface area (Å²) in [5, 5.41) is 9.55. The van der Waals surface area contributed by atoms with E-state index in [9.17, 15) is 5.11 Å². The zero-order chi connectivity index (χ0) is 13.2. The van der Waals surface area contributed by atoms with E-state index >= 15 is 4.39 Å². The Labute approximate surface area is 121 Å². The molecule has 1 aromatic rings. The Hall–Kier alpha value is -0.800. The fourth-order valence-corrected chi connectivity index (χ4v) is 3.03. The van der Waals surface area contributed by atoms with Crippen LogP contribution in [0.2, 0.25) is 0 Å². The Bertz CT molecular complexity index is 413. The number of hydrogen-bond acceptors (Lipinski definition) is 2. The highest BCUT2D eigenvalue weighted by molar-refractivity contribution is 5.85. The van der Waals surface area contributed by atoms with Gasteiger partial charge in [0.15, 0.2) is 0 Å². The summed E-state index contributed by atoms with van der Waals surface area (Å²) in [6.45, 7) is 0.756. The molecule has 4 heteroatoms. The minimum Gasteiger partial charge on any atom is -0.508 e. The van der Waals surface area contributed by atoms with Gasteiger partial charge >= 0.3 is 0 Å². The van der Waals surface area contributed by atoms with Gasteiger partial charge in [0.25, 0.3) is 0 Å². The lowest BCUT2D eigenvalue weighted by Gasteiger charge is -2.39. The van der Waals surface area contributed by atoms with E-state index in [1.807, 2.05) is 19.0 Å². The molecule has 0 unspecified atom stereocenters. The van der Waals surface area contributed by atoms with Crippen LogP contribution in [-0.2, 0) is 5.67 Å². The van der Waals surface area contributed by atoms with Crippen LogP contribution in [0.1, 0.15) is 31.2 Å². The third-order valence-corrected chi connectivity index (χ3v) is 3.90. The predicted octanol–water partition coefficient (Wildman–Crippen LogP) is 3.73. The number of hydrogen-bond donors (Lipinski definition) is 1. The monoisotopic (exact) mass is 287 g/mol. The van der Waals surface area contributed by atoms with Gasteiger partial charge in [-0.05, 0) is 51.1 Å². The quantitative estimate of drug-likeness (QED) is 0.916. The number of nitrogens with zero attached hydrogens (tertiary/aromatic N) is 1. The van der Waals surface area contributed by atoms with E-state index < -0.39 is 5.67 Å². The van der Waals surface area contributed by atoms with Gasteiger partial charge in [-0.3, -0.25) is 0 Å². The van der Waals surface area contributed by atoms with Crippen molar-refractivity contribution in [3.8, 4) is 5.75 Å². The standard InChI is InChI=1S/C15H22FNO.ClH/c1-17(2)11-13-6-3-4-9-15(13,16)12-7-5-8-14(18)10-12;/h5,7-8,10,13,18H,3-4,6,9,11H2,1-2H3;1H/t13-,15+;/m1./s1. The molecule has 1 saturated carbocycles. The minimum atomic E-state index is -1.29. The van der Waals surface area contributed by atoms with Gasteiger partial charge in [0, 0.05) is 12.5 Å². The molecule has 2 atom stereocenters. The maximum atomic E-state index is 15.4. The molecule has 0 radical (unpaired) electrons. The summed E-state index contributed by atoms with van der Waals surface area (Å²) in [4.78, 5) is 2.05. The van der Waals surface area contributed by atoms with E-state index in [0.29, 0.717) is 12.0 Å². The fourth-order valence-electron chi connectivity index (χ4n) is 3.03. The first-order valence-electron chi connectivity index (χ1n) is 6.65. The van der Waals surface area contributed by atoms with E-state index in [2.05, 4.69) is 0 Å². The molecule has 0 amide bonds. The van der Waals surface area contributed by atoms with Crippen molar-refractivity contribution in [2.75, 3.05) is 20.6 Å². The zero-order valence-corrected chi connectivity index (χ0v) is 12.4. The molecule has 0 saturated heterocycles. The first-order chi connectivity index (χ1) is 8.52. The van der Waals surface area contributed by atoms with E-state index in [1.54, 1.807) is 24.3 Å². The average Bonchev–Trinajstić information content (AvgIpc) is 2.32. The molecule has 19 heavy (non-hydrogen) atoms. The molecule has 2 rings (SSSR count). The van der Waals surface area contributed by atoms with E-state index in [-0.39, 0.29) is 24.1 Å². The number of rotatable bonds is 3. The molecular weight excluding hydrogens is 265 g/mol. The number of benzene rings is 1. The Morgan fingerprint density at radius 3 is 2.74 bits per heavy atom. The summed E-state index contributed by atoms with van der Waals surface area (Å²) in [6, 6.07) is 6.70. The number of halogens is 2. The third kappa shape index (κ3) is 3.61. The van der Waals surface area contributed by atoms with Crippen molar-refractivity contribution < 1.29 is 9.50 Å².